The van der Waals surface area contributed by atoms with E-state index in [9.17, 15) is 9.59 Å². The minimum absolute atomic E-state index is 0.140. The Morgan fingerprint density at radius 2 is 1.58 bits per heavy atom. The molecule has 1 atom stereocenters. The maximum absolute atomic E-state index is 12.4. The number of thioether (sulfide) groups is 1. The van der Waals surface area contributed by atoms with E-state index in [1.807, 2.05) is 42.5 Å². The molecule has 0 bridgehead atoms. The lowest BCUT2D eigenvalue weighted by atomic mass is 9.83. The summed E-state index contributed by atoms with van der Waals surface area (Å²) in [5, 5.41) is 1.87. The maximum Gasteiger partial charge on any atom is 0.327 e. The molecule has 197 valence electrons. The second-order valence-electron chi connectivity index (χ2n) is 9.99. The van der Waals surface area contributed by atoms with Gasteiger partial charge >= 0.3 is 5.97 Å². The number of aromatic amines is 1. The summed E-state index contributed by atoms with van der Waals surface area (Å²) in [7, 11) is -1.52. The molecule has 0 aliphatic rings. The standard InChI is InChI=1S/C30H33N2O4SSi/c1-6-35-28(34)27(20(2)33)37-29-31-25-18-17-24(30(3,4)5)23(26(25)32-29)19-36-38(21-13-9-7-10-14-21)22-15-11-8-12-16-22/h7-18,27H,6,19H2,1-5H3,(H,31,32). The van der Waals surface area contributed by atoms with Crippen LogP contribution in [0.15, 0.2) is 78.0 Å². The van der Waals surface area contributed by atoms with Crippen molar-refractivity contribution < 1.29 is 18.8 Å². The minimum Gasteiger partial charge on any atom is -0.465 e. The number of fused-ring (bicyclic) bond motifs is 1. The van der Waals surface area contributed by atoms with E-state index in [-0.39, 0.29) is 17.8 Å². The third kappa shape index (κ3) is 6.43. The number of carbonyl (C=O) groups is 2. The van der Waals surface area contributed by atoms with Gasteiger partial charge in [-0.3, -0.25) is 9.59 Å². The number of hydrogen-bond donors (Lipinski definition) is 1. The molecule has 0 aliphatic carbocycles. The first-order valence-corrected chi connectivity index (χ1v) is 14.9. The van der Waals surface area contributed by atoms with E-state index in [0.29, 0.717) is 11.8 Å². The number of ketones is 1. The molecule has 1 N–H and O–H groups in total. The molecule has 0 aliphatic heterocycles. The molecule has 0 saturated heterocycles. The highest BCUT2D eigenvalue weighted by atomic mass is 32.2. The molecule has 0 saturated carbocycles. The molecule has 8 heteroatoms. The molecule has 0 spiro atoms. The van der Waals surface area contributed by atoms with Gasteiger partial charge in [-0.05, 0) is 41.3 Å². The number of Topliss-reactive ketones (excluding diaryl/α,β-unsaturated/α-hetero) is 1. The van der Waals surface area contributed by atoms with Gasteiger partial charge in [0, 0.05) is 5.56 Å². The number of ether oxygens (including phenoxy) is 1. The first kappa shape index (κ1) is 27.8. The lowest BCUT2D eigenvalue weighted by Gasteiger charge is -2.24. The fraction of sp³-hybridized carbons (Fsp3) is 0.300. The zero-order chi connectivity index (χ0) is 27.3. The first-order chi connectivity index (χ1) is 18.2. The van der Waals surface area contributed by atoms with E-state index in [4.69, 9.17) is 14.1 Å². The number of aromatic nitrogens is 2. The van der Waals surface area contributed by atoms with Crippen LogP contribution in [-0.2, 0) is 30.8 Å². The quantitative estimate of drug-likeness (QED) is 0.134. The predicted octanol–water partition coefficient (Wildman–Crippen LogP) is 4.80. The van der Waals surface area contributed by atoms with Crippen LogP contribution in [0.25, 0.3) is 11.0 Å². The third-order valence-corrected chi connectivity index (χ3v) is 9.40. The number of hydrogen-bond acceptors (Lipinski definition) is 6. The summed E-state index contributed by atoms with van der Waals surface area (Å²) in [4.78, 5) is 32.7. The van der Waals surface area contributed by atoms with Crippen LogP contribution < -0.4 is 10.4 Å². The summed E-state index contributed by atoms with van der Waals surface area (Å²) in [6, 6.07) is 24.8. The van der Waals surface area contributed by atoms with Gasteiger partial charge in [-0.2, -0.15) is 0 Å². The van der Waals surface area contributed by atoms with Gasteiger partial charge in [-0.15, -0.1) is 0 Å². The zero-order valence-corrected chi connectivity index (χ0v) is 24.2. The summed E-state index contributed by atoms with van der Waals surface area (Å²) >= 11 is 1.09. The van der Waals surface area contributed by atoms with Crippen LogP contribution in [0.4, 0.5) is 0 Å². The van der Waals surface area contributed by atoms with Gasteiger partial charge in [0.15, 0.2) is 16.2 Å². The van der Waals surface area contributed by atoms with Gasteiger partial charge in [0.05, 0.1) is 24.2 Å². The first-order valence-electron chi connectivity index (χ1n) is 12.7. The van der Waals surface area contributed by atoms with Crippen molar-refractivity contribution in [1.82, 2.24) is 9.97 Å². The van der Waals surface area contributed by atoms with E-state index in [2.05, 4.69) is 56.1 Å². The number of nitrogens with zero attached hydrogens (tertiary/aromatic N) is 1. The molecule has 1 unspecified atom stereocenters. The Labute approximate surface area is 229 Å². The Hall–Kier alpha value is -3.20. The molecule has 4 rings (SSSR count). The SMILES string of the molecule is CCOC(=O)C(Sc1nc2c(CO[Si](c3ccccc3)c3ccccc3)c(C(C)(C)C)ccc2[nH]1)C(C)=O. The Kier molecular flexibility index (Phi) is 8.86. The summed E-state index contributed by atoms with van der Waals surface area (Å²) in [5.74, 6) is -0.826. The van der Waals surface area contributed by atoms with Crippen molar-refractivity contribution in [3.8, 4) is 0 Å². The second kappa shape index (κ2) is 12.1. The van der Waals surface area contributed by atoms with Crippen molar-refractivity contribution in [2.75, 3.05) is 6.61 Å². The zero-order valence-electron chi connectivity index (χ0n) is 22.4. The van der Waals surface area contributed by atoms with Crippen molar-refractivity contribution in [3.63, 3.8) is 0 Å². The monoisotopic (exact) mass is 545 g/mol. The lowest BCUT2D eigenvalue weighted by molar-refractivity contribution is -0.144. The molecule has 1 heterocycles. The second-order valence-corrected chi connectivity index (χ2v) is 13.2. The fourth-order valence-electron chi connectivity index (χ4n) is 4.30. The molecule has 0 amide bonds. The number of H-pyrrole nitrogens is 1. The maximum atomic E-state index is 12.4. The Balaban J connectivity index is 1.72. The van der Waals surface area contributed by atoms with Crippen LogP contribution in [0, 0.1) is 0 Å². The Bertz CT molecular complexity index is 1360. The van der Waals surface area contributed by atoms with Crippen molar-refractivity contribution in [1.29, 1.82) is 0 Å². The third-order valence-electron chi connectivity index (χ3n) is 6.08. The van der Waals surface area contributed by atoms with Gasteiger partial charge in [0.25, 0.3) is 9.04 Å². The highest BCUT2D eigenvalue weighted by molar-refractivity contribution is 8.01. The van der Waals surface area contributed by atoms with E-state index >= 15 is 0 Å². The van der Waals surface area contributed by atoms with E-state index in [1.165, 1.54) is 17.3 Å². The molecule has 3 aromatic carbocycles. The number of nitrogens with one attached hydrogen (secondary N) is 1. The summed E-state index contributed by atoms with van der Waals surface area (Å²) < 4.78 is 11.9. The van der Waals surface area contributed by atoms with Crippen LogP contribution in [0.1, 0.15) is 45.7 Å². The van der Waals surface area contributed by atoms with E-state index < -0.39 is 20.3 Å². The lowest BCUT2D eigenvalue weighted by Crippen LogP contribution is -2.44. The van der Waals surface area contributed by atoms with E-state index in [1.54, 1.807) is 6.92 Å². The van der Waals surface area contributed by atoms with Gasteiger partial charge in [-0.1, -0.05) is 99.3 Å². The average molecular weight is 546 g/mol. The molecule has 4 aromatic rings. The fourth-order valence-corrected chi connectivity index (χ4v) is 7.11. The van der Waals surface area contributed by atoms with Crippen molar-refractivity contribution in [3.05, 3.63) is 83.9 Å². The number of esters is 1. The highest BCUT2D eigenvalue weighted by Gasteiger charge is 2.29. The van der Waals surface area contributed by atoms with Crippen LogP contribution >= 0.6 is 11.8 Å². The molecule has 0 fully saturated rings. The molecule has 6 nitrogen and oxygen atoms in total. The van der Waals surface area contributed by atoms with Gasteiger partial charge in [0.2, 0.25) is 0 Å². The molecule has 1 aromatic heterocycles. The number of rotatable bonds is 10. The number of benzene rings is 3. The van der Waals surface area contributed by atoms with E-state index in [0.717, 1.165) is 33.9 Å². The summed E-state index contributed by atoms with van der Waals surface area (Å²) in [5.41, 5.74) is 3.62. The predicted molar refractivity (Wildman–Crippen MR) is 154 cm³/mol. The van der Waals surface area contributed by atoms with Crippen molar-refractivity contribution in [2.45, 2.75) is 57.0 Å². The van der Waals surface area contributed by atoms with Gasteiger partial charge in [-0.25, -0.2) is 4.98 Å². The molecule has 38 heavy (non-hydrogen) atoms. The van der Waals surface area contributed by atoms with Crippen LogP contribution in [0.5, 0.6) is 0 Å². The molecule has 1 radical (unpaired) electrons. The Morgan fingerprint density at radius 3 is 2.11 bits per heavy atom. The van der Waals surface area contributed by atoms with Crippen molar-refractivity contribution >= 4 is 54.0 Å². The van der Waals surface area contributed by atoms with Crippen LogP contribution in [0.3, 0.4) is 0 Å². The normalized spacial score (nSPS) is 12.6. The topological polar surface area (TPSA) is 81.3 Å². The molecular formula is C30H33N2O4SSi. The smallest absolute Gasteiger partial charge is 0.327 e. The molecular weight excluding hydrogens is 512 g/mol. The largest absolute Gasteiger partial charge is 0.465 e. The minimum atomic E-state index is -1.52. The van der Waals surface area contributed by atoms with Gasteiger partial charge < -0.3 is 14.1 Å². The van der Waals surface area contributed by atoms with Crippen LogP contribution in [-0.4, -0.2) is 42.6 Å². The number of imidazole rings is 1. The highest BCUT2D eigenvalue weighted by Crippen LogP contribution is 2.33. The Morgan fingerprint density at radius 1 is 0.974 bits per heavy atom. The number of carbonyl (C=O) groups excluding carboxylic acids is 2. The van der Waals surface area contributed by atoms with Gasteiger partial charge in [0.1, 0.15) is 0 Å². The summed E-state index contributed by atoms with van der Waals surface area (Å²) in [6.07, 6.45) is 0. The summed E-state index contributed by atoms with van der Waals surface area (Å²) in [6.45, 7) is 10.2. The van der Waals surface area contributed by atoms with Crippen LogP contribution in [0.2, 0.25) is 0 Å². The average Bonchev–Trinajstić information content (AvgIpc) is 3.31. The van der Waals surface area contributed by atoms with Crippen molar-refractivity contribution in [2.24, 2.45) is 0 Å².